The minimum absolute atomic E-state index is 0.0102. The smallest absolute Gasteiger partial charge is 0.405 e. The molecular formula is C21H34ClN7O4. The number of nitrogens with one attached hydrogen (secondary N) is 2. The number of carbonyl (C=O) groups excluding carboxylic acids is 3. The molecule has 1 heterocycles. The second-order valence-electron chi connectivity index (χ2n) is 8.65. The molecule has 11 nitrogen and oxygen atoms in total. The van der Waals surface area contributed by atoms with Crippen LogP contribution in [-0.4, -0.2) is 59.5 Å². The van der Waals surface area contributed by atoms with Gasteiger partial charge in [0, 0.05) is 25.8 Å². The van der Waals surface area contributed by atoms with Gasteiger partial charge >= 0.3 is 17.9 Å². The van der Waals surface area contributed by atoms with E-state index < -0.39 is 23.5 Å². The summed E-state index contributed by atoms with van der Waals surface area (Å²) >= 11 is 5.73. The Hall–Kier alpha value is -3.08. The first-order valence-electron chi connectivity index (χ1n) is 10.6. The second kappa shape index (κ2) is 13.5. The standard InChI is InChI=1S/C16H23ClN6O2.C5H11NO2/c1-23(20-10-18)9-11-2-5-13(6-3-11)21-15(24)16(25)22-14-7-4-12(17)8-19-14;1-5(2,3)8-4(6)7/h4,7-8,10-11,13H,2-3,5-6,9H2,1H3,(H2,18,20)(H,21,24)(H,19,22,25);1-3H3,(H2,6,7). The number of primary amides is 1. The van der Waals surface area contributed by atoms with Crippen molar-refractivity contribution in [3.8, 4) is 0 Å². The first-order valence-corrected chi connectivity index (χ1v) is 10.9. The van der Waals surface area contributed by atoms with Crippen molar-refractivity contribution >= 4 is 41.7 Å². The summed E-state index contributed by atoms with van der Waals surface area (Å²) in [7, 11) is 1.88. The molecule has 1 saturated carbocycles. The van der Waals surface area contributed by atoms with Gasteiger partial charge in [0.05, 0.1) is 5.02 Å². The molecule has 1 aromatic rings. The molecular weight excluding hydrogens is 450 g/mol. The second-order valence-corrected chi connectivity index (χ2v) is 9.08. The van der Waals surface area contributed by atoms with E-state index >= 15 is 0 Å². The Morgan fingerprint density at radius 1 is 1.24 bits per heavy atom. The molecule has 1 aliphatic carbocycles. The molecule has 1 aromatic heterocycles. The first kappa shape index (κ1) is 28.0. The van der Waals surface area contributed by atoms with E-state index in [9.17, 15) is 14.4 Å². The maximum atomic E-state index is 12.0. The predicted molar refractivity (Wildman–Crippen MR) is 127 cm³/mol. The van der Waals surface area contributed by atoms with Gasteiger partial charge in [-0.2, -0.15) is 5.10 Å². The molecule has 184 valence electrons. The van der Waals surface area contributed by atoms with E-state index in [4.69, 9.17) is 23.1 Å². The van der Waals surface area contributed by atoms with Gasteiger partial charge in [-0.25, -0.2) is 9.78 Å². The van der Waals surface area contributed by atoms with E-state index in [1.807, 2.05) is 12.1 Å². The van der Waals surface area contributed by atoms with Crippen molar-refractivity contribution in [1.29, 1.82) is 0 Å². The third-order valence-electron chi connectivity index (χ3n) is 4.55. The molecule has 33 heavy (non-hydrogen) atoms. The predicted octanol–water partition coefficient (Wildman–Crippen LogP) is 2.06. The van der Waals surface area contributed by atoms with E-state index in [1.54, 1.807) is 32.9 Å². The summed E-state index contributed by atoms with van der Waals surface area (Å²) in [5.41, 5.74) is 9.54. The maximum absolute atomic E-state index is 12.0. The Kier molecular flexibility index (Phi) is 11.4. The molecule has 1 fully saturated rings. The van der Waals surface area contributed by atoms with Gasteiger partial charge < -0.3 is 26.8 Å². The number of rotatable bonds is 5. The van der Waals surface area contributed by atoms with Crippen molar-refractivity contribution in [2.45, 2.75) is 58.1 Å². The van der Waals surface area contributed by atoms with Crippen LogP contribution in [0.5, 0.6) is 0 Å². The zero-order valence-corrected chi connectivity index (χ0v) is 20.3. The van der Waals surface area contributed by atoms with Crippen molar-refractivity contribution in [3.05, 3.63) is 23.4 Å². The van der Waals surface area contributed by atoms with Crippen LogP contribution in [0.3, 0.4) is 0 Å². The number of hydrogen-bond acceptors (Lipinski definition) is 7. The minimum Gasteiger partial charge on any atom is -0.444 e. The van der Waals surface area contributed by atoms with E-state index in [0.717, 1.165) is 32.2 Å². The Labute approximate surface area is 199 Å². The molecule has 0 aliphatic heterocycles. The van der Waals surface area contributed by atoms with Crippen molar-refractivity contribution in [1.82, 2.24) is 15.3 Å². The Morgan fingerprint density at radius 2 is 1.88 bits per heavy atom. The van der Waals surface area contributed by atoms with E-state index in [2.05, 4.69) is 25.5 Å². The highest BCUT2D eigenvalue weighted by Crippen LogP contribution is 2.25. The fraction of sp³-hybridized carbons (Fsp3) is 0.571. The van der Waals surface area contributed by atoms with Gasteiger partial charge in [-0.15, -0.1) is 0 Å². The van der Waals surface area contributed by atoms with Crippen molar-refractivity contribution in [2.24, 2.45) is 22.5 Å². The largest absolute Gasteiger partial charge is 0.444 e. The first-order chi connectivity index (χ1) is 15.4. The number of anilines is 1. The molecule has 0 saturated heterocycles. The number of hydrogen-bond donors (Lipinski definition) is 4. The van der Waals surface area contributed by atoms with Crippen LogP contribution in [0.25, 0.3) is 0 Å². The number of pyridine rings is 1. The highest BCUT2D eigenvalue weighted by atomic mass is 35.5. The highest BCUT2D eigenvalue weighted by Gasteiger charge is 2.25. The summed E-state index contributed by atoms with van der Waals surface area (Å²) in [6.45, 7) is 6.12. The average Bonchev–Trinajstić information content (AvgIpc) is 2.70. The lowest BCUT2D eigenvalue weighted by molar-refractivity contribution is -0.136. The molecule has 0 atom stereocenters. The van der Waals surface area contributed by atoms with Gasteiger partial charge in [0.25, 0.3) is 0 Å². The molecule has 6 N–H and O–H groups in total. The van der Waals surface area contributed by atoms with Gasteiger partial charge in [0.1, 0.15) is 17.8 Å². The summed E-state index contributed by atoms with van der Waals surface area (Å²) in [4.78, 5) is 37.9. The maximum Gasteiger partial charge on any atom is 0.405 e. The molecule has 0 aromatic carbocycles. The third-order valence-corrected chi connectivity index (χ3v) is 4.77. The molecule has 0 unspecified atom stereocenters. The topological polar surface area (TPSA) is 165 Å². The number of nitrogens with two attached hydrogens (primary N) is 2. The summed E-state index contributed by atoms with van der Waals surface area (Å²) in [5, 5.41) is 11.5. The van der Waals surface area contributed by atoms with Crippen molar-refractivity contribution in [3.63, 3.8) is 0 Å². The lowest BCUT2D eigenvalue weighted by Crippen LogP contribution is -2.44. The van der Waals surface area contributed by atoms with Crippen LogP contribution in [0.4, 0.5) is 10.6 Å². The Balaban J connectivity index is 0.000000582. The molecule has 2 rings (SSSR count). The fourth-order valence-corrected chi connectivity index (χ4v) is 3.31. The zero-order valence-electron chi connectivity index (χ0n) is 19.5. The minimum atomic E-state index is -0.728. The van der Waals surface area contributed by atoms with Gasteiger partial charge in [0.15, 0.2) is 0 Å². The van der Waals surface area contributed by atoms with E-state index in [1.165, 1.54) is 12.5 Å². The molecule has 0 spiro atoms. The van der Waals surface area contributed by atoms with E-state index in [-0.39, 0.29) is 11.9 Å². The van der Waals surface area contributed by atoms with Crippen molar-refractivity contribution < 1.29 is 19.1 Å². The third kappa shape index (κ3) is 12.5. The normalized spacial score (nSPS) is 18.0. The van der Waals surface area contributed by atoms with Gasteiger partial charge in [0.2, 0.25) is 0 Å². The summed E-state index contributed by atoms with van der Waals surface area (Å²) in [6.07, 6.45) is 5.57. The monoisotopic (exact) mass is 483 g/mol. The molecule has 12 heteroatoms. The number of amides is 3. The summed E-state index contributed by atoms with van der Waals surface area (Å²) in [5.74, 6) is -0.579. The average molecular weight is 484 g/mol. The number of hydrazone groups is 1. The Morgan fingerprint density at radius 3 is 2.33 bits per heavy atom. The molecule has 1 aliphatic rings. The number of aromatic nitrogens is 1. The summed E-state index contributed by atoms with van der Waals surface area (Å²) < 4.78 is 4.58. The van der Waals surface area contributed by atoms with Crippen LogP contribution in [0.1, 0.15) is 46.5 Å². The van der Waals surface area contributed by atoms with E-state index in [0.29, 0.717) is 10.9 Å². The highest BCUT2D eigenvalue weighted by molar-refractivity contribution is 6.39. The SMILES string of the molecule is CC(C)(C)OC(N)=O.CN(CC1CCC(NC(=O)C(=O)Nc2ccc(Cl)cn2)CC1)/N=C\N. The van der Waals surface area contributed by atoms with Gasteiger partial charge in [-0.05, 0) is 64.5 Å². The van der Waals surface area contributed by atoms with Crippen LogP contribution in [0.15, 0.2) is 23.4 Å². The molecule has 0 radical (unpaired) electrons. The van der Waals surface area contributed by atoms with Crippen molar-refractivity contribution in [2.75, 3.05) is 18.9 Å². The lowest BCUT2D eigenvalue weighted by atomic mass is 9.86. The lowest BCUT2D eigenvalue weighted by Gasteiger charge is -2.30. The van der Waals surface area contributed by atoms with Crippen LogP contribution in [-0.2, 0) is 14.3 Å². The molecule has 0 bridgehead atoms. The number of ether oxygens (including phenoxy) is 1. The number of halogens is 1. The van der Waals surface area contributed by atoms with Crippen LogP contribution < -0.4 is 22.1 Å². The van der Waals surface area contributed by atoms with Crippen LogP contribution >= 0.6 is 11.6 Å². The zero-order chi connectivity index (χ0) is 25.0. The van der Waals surface area contributed by atoms with Crippen LogP contribution in [0, 0.1) is 5.92 Å². The van der Waals surface area contributed by atoms with Gasteiger partial charge in [-0.1, -0.05) is 11.6 Å². The summed E-state index contributed by atoms with van der Waals surface area (Å²) in [6, 6.07) is 3.14. The molecule has 3 amide bonds. The Bertz CT molecular complexity index is 804. The van der Waals surface area contributed by atoms with Crippen LogP contribution in [0.2, 0.25) is 5.02 Å². The quantitative estimate of drug-likeness (QED) is 0.215. The fourth-order valence-electron chi connectivity index (χ4n) is 3.20. The number of nitrogens with zero attached hydrogens (tertiary/aromatic N) is 3. The van der Waals surface area contributed by atoms with Gasteiger partial charge in [-0.3, -0.25) is 14.6 Å². The number of carbonyl (C=O) groups is 3.